The first-order chi connectivity index (χ1) is 21.9. The number of nitrogens with two attached hydrogens (primary N) is 1. The Kier molecular flexibility index (Phi) is 10.1. The number of anilines is 1. The van der Waals surface area contributed by atoms with Gasteiger partial charge in [-0.2, -0.15) is 0 Å². The van der Waals surface area contributed by atoms with Gasteiger partial charge in [0.2, 0.25) is 0 Å². The van der Waals surface area contributed by atoms with Gasteiger partial charge < -0.3 is 63.4 Å². The molecule has 2 aliphatic heterocycles. The number of H-pyrrole nitrogens is 1. The van der Waals surface area contributed by atoms with Crippen molar-refractivity contribution in [2.45, 2.75) is 56.3 Å². The molecule has 5 heterocycles. The highest BCUT2D eigenvalue weighted by Gasteiger charge is 2.45. The van der Waals surface area contributed by atoms with Gasteiger partial charge in [0.25, 0.3) is 13.4 Å². The van der Waals surface area contributed by atoms with E-state index in [1.165, 1.54) is 24.0 Å². The average Bonchev–Trinajstić information content (AvgIpc) is 3.63. The number of hydrogen-bond donors (Lipinski definition) is 5. The number of nitrogen functional groups attached to an aromatic ring is 1. The maximum atomic E-state index is 12.4. The number of nitrogens with zero attached hydrogens (tertiary/aromatic N) is 5. The number of imidazole rings is 1. The molecule has 0 spiro atoms. The van der Waals surface area contributed by atoms with Gasteiger partial charge in [0, 0.05) is 18.2 Å². The van der Waals surface area contributed by atoms with Gasteiger partial charge in [0.15, 0.2) is 25.3 Å². The number of hydrogen-bond acceptors (Lipinski definition) is 20. The largest absolute Gasteiger partial charge is 0.778 e. The van der Waals surface area contributed by atoms with Gasteiger partial charge in [-0.3, -0.25) is 27.8 Å². The first kappa shape index (κ1) is 35.6. The van der Waals surface area contributed by atoms with Gasteiger partial charge in [-0.1, -0.05) is 0 Å². The summed E-state index contributed by atoms with van der Waals surface area (Å²) in [4.78, 5) is 74.4. The van der Waals surface area contributed by atoms with Gasteiger partial charge in [-0.05, 0) is 6.92 Å². The van der Waals surface area contributed by atoms with Crippen molar-refractivity contribution in [1.29, 1.82) is 0 Å². The number of aliphatic hydroxyl groups is 3. The van der Waals surface area contributed by atoms with Crippen LogP contribution in [0, 0.1) is 6.92 Å². The summed E-state index contributed by atoms with van der Waals surface area (Å²) in [5.74, 6) is -1.95. The Balaban J connectivity index is 1.14. The molecule has 10 unspecified atom stereocenters. The third-order valence-corrected chi connectivity index (χ3v) is 12.6. The van der Waals surface area contributed by atoms with Crippen molar-refractivity contribution in [3.05, 3.63) is 45.3 Å². The lowest BCUT2D eigenvalue weighted by Gasteiger charge is -2.35. The Labute approximate surface area is 262 Å². The molecule has 260 valence electrons. The van der Waals surface area contributed by atoms with Gasteiger partial charge in [-0.25, -0.2) is 19.7 Å². The zero-order valence-electron chi connectivity index (χ0n) is 23.9. The van der Waals surface area contributed by atoms with E-state index in [1.54, 1.807) is 0 Å². The first-order valence-electron chi connectivity index (χ1n) is 13.4. The molecule has 6 N–H and O–H groups in total. The number of rotatable bonds is 12. The number of aliphatic hydroxyl groups excluding tert-OH is 3. The Morgan fingerprint density at radius 2 is 1.70 bits per heavy atom. The van der Waals surface area contributed by atoms with E-state index in [2.05, 4.69) is 28.3 Å². The predicted octanol–water partition coefficient (Wildman–Crippen LogP) is -3.88. The highest BCUT2D eigenvalue weighted by molar-refractivity contribution is 7.72. The van der Waals surface area contributed by atoms with Crippen molar-refractivity contribution in [2.75, 3.05) is 24.9 Å². The summed E-state index contributed by atoms with van der Waals surface area (Å²) in [7, 11) is -17.0. The van der Waals surface area contributed by atoms with Crippen LogP contribution >= 0.6 is 23.0 Å². The van der Waals surface area contributed by atoms with E-state index in [1.807, 2.05) is 4.98 Å². The van der Waals surface area contributed by atoms with E-state index < -0.39 is 96.4 Å². The minimum Gasteiger partial charge on any atom is -0.778 e. The van der Waals surface area contributed by atoms with Gasteiger partial charge in [0.1, 0.15) is 50.1 Å². The molecular formula is C21H27N7O16P3-3. The molecule has 2 saturated heterocycles. The molecule has 3 aromatic heterocycles. The molecule has 26 heteroatoms. The molecule has 0 saturated carbocycles. The average molecular weight is 726 g/mol. The SMILES string of the molecule is Cc1cn(C2CC(O)C(COP(=O)([O-])CP(=O)([O-])OP(=O)([O-])OCC3OC(n4cnc5c(N)ncnc54)C(O)C3O)O2)c(=O)[nH]c1=O. The van der Waals surface area contributed by atoms with Crippen molar-refractivity contribution in [3.63, 3.8) is 0 Å². The van der Waals surface area contributed by atoms with Crippen LogP contribution in [0.1, 0.15) is 24.4 Å². The standard InChI is InChI=1S/C21H30N7O16P3/c1-9-3-27(21(33)26-19(9)32)13-2-10(29)11(42-13)4-40-45(34,35)8-46(36,37)44-47(38,39)41-5-12-15(30)16(31)20(43-12)28-7-25-14-17(22)23-6-24-18(14)28/h3,6-7,10-13,15-16,20,29-31H,2,4-5,8H2,1H3,(H,34,35)(H,36,37)(H,38,39)(H2,22,23,24)(H,26,32,33)/p-3. The third kappa shape index (κ3) is 7.96. The van der Waals surface area contributed by atoms with Crippen LogP contribution in [0.25, 0.3) is 11.2 Å². The fraction of sp³-hybridized carbons (Fsp3) is 0.571. The molecule has 47 heavy (non-hydrogen) atoms. The quantitative estimate of drug-likeness (QED) is 0.111. The molecule has 0 aliphatic carbocycles. The van der Waals surface area contributed by atoms with E-state index in [4.69, 9.17) is 15.2 Å². The number of phosphoric ester groups is 1. The minimum absolute atomic E-state index is 0.00924. The van der Waals surface area contributed by atoms with Gasteiger partial charge in [0.05, 0.1) is 31.5 Å². The van der Waals surface area contributed by atoms with E-state index in [-0.39, 0.29) is 29.0 Å². The summed E-state index contributed by atoms with van der Waals surface area (Å²) in [6.07, 6.45) is -7.00. The molecule has 3 aromatic rings. The Bertz CT molecular complexity index is 1900. The number of phosphoric acid groups is 1. The number of aromatic amines is 1. The van der Waals surface area contributed by atoms with E-state index in [0.717, 1.165) is 10.9 Å². The normalized spacial score (nSPS) is 30.2. The van der Waals surface area contributed by atoms with Crippen LogP contribution in [-0.2, 0) is 36.5 Å². The molecule has 0 radical (unpaired) electrons. The molecule has 10 atom stereocenters. The molecule has 0 aromatic carbocycles. The lowest BCUT2D eigenvalue weighted by molar-refractivity contribution is -0.234. The van der Waals surface area contributed by atoms with Crippen LogP contribution in [0.2, 0.25) is 0 Å². The van der Waals surface area contributed by atoms with Crippen molar-refractivity contribution >= 4 is 40.0 Å². The fourth-order valence-electron chi connectivity index (χ4n) is 4.80. The lowest BCUT2D eigenvalue weighted by atomic mass is 10.1. The molecule has 2 aliphatic rings. The highest BCUT2D eigenvalue weighted by atomic mass is 31.3. The van der Waals surface area contributed by atoms with Crippen LogP contribution in [0.4, 0.5) is 5.82 Å². The van der Waals surface area contributed by atoms with Crippen LogP contribution < -0.4 is 31.7 Å². The van der Waals surface area contributed by atoms with Crippen LogP contribution in [0.15, 0.2) is 28.4 Å². The topological polar surface area (TPSA) is 352 Å². The second kappa shape index (κ2) is 13.3. The van der Waals surface area contributed by atoms with Crippen molar-refractivity contribution in [2.24, 2.45) is 0 Å². The van der Waals surface area contributed by atoms with Gasteiger partial charge in [-0.15, -0.1) is 0 Å². The van der Waals surface area contributed by atoms with Crippen molar-refractivity contribution in [3.8, 4) is 0 Å². The number of nitrogens with one attached hydrogen (secondary N) is 1. The summed E-state index contributed by atoms with van der Waals surface area (Å²) < 4.78 is 63.2. The van der Waals surface area contributed by atoms with E-state index in [0.29, 0.717) is 0 Å². The van der Waals surface area contributed by atoms with E-state index >= 15 is 0 Å². The summed E-state index contributed by atoms with van der Waals surface area (Å²) >= 11 is 0. The Morgan fingerprint density at radius 1 is 1.00 bits per heavy atom. The zero-order chi connectivity index (χ0) is 34.5. The zero-order valence-corrected chi connectivity index (χ0v) is 26.6. The number of fused-ring (bicyclic) bond motifs is 1. The van der Waals surface area contributed by atoms with Crippen molar-refractivity contribution in [1.82, 2.24) is 29.1 Å². The monoisotopic (exact) mass is 726 g/mol. The molecular weight excluding hydrogens is 699 g/mol. The molecule has 0 bridgehead atoms. The molecule has 2 fully saturated rings. The van der Waals surface area contributed by atoms with Gasteiger partial charge >= 0.3 is 5.69 Å². The second-order valence-electron chi connectivity index (χ2n) is 10.5. The Morgan fingerprint density at radius 3 is 2.43 bits per heavy atom. The number of aromatic nitrogens is 6. The second-order valence-corrected chi connectivity index (χ2v) is 16.2. The fourth-order valence-corrected chi connectivity index (χ4v) is 9.60. The highest BCUT2D eigenvalue weighted by Crippen LogP contribution is 2.61. The molecule has 23 nitrogen and oxygen atoms in total. The maximum Gasteiger partial charge on any atom is 0.330 e. The first-order valence-corrected chi connectivity index (χ1v) is 18.3. The van der Waals surface area contributed by atoms with Crippen LogP contribution in [0.5, 0.6) is 0 Å². The summed E-state index contributed by atoms with van der Waals surface area (Å²) in [6.45, 7) is -0.583. The minimum atomic E-state index is -5.82. The lowest BCUT2D eigenvalue weighted by Crippen LogP contribution is -2.34. The summed E-state index contributed by atoms with van der Waals surface area (Å²) in [5, 5.41) is 31.1. The maximum absolute atomic E-state index is 12.4. The molecule has 0 amide bonds. The van der Waals surface area contributed by atoms with E-state index in [9.17, 15) is 53.3 Å². The smallest absolute Gasteiger partial charge is 0.330 e. The molecule has 5 rings (SSSR count). The van der Waals surface area contributed by atoms with Crippen LogP contribution in [-0.4, -0.2) is 94.0 Å². The summed E-state index contributed by atoms with van der Waals surface area (Å²) in [5.41, 5.74) is 4.62. The number of ether oxygens (including phenoxy) is 2. The number of aryl methyl sites for hydroxylation is 1. The van der Waals surface area contributed by atoms with Crippen LogP contribution in [0.3, 0.4) is 0 Å². The summed E-state index contributed by atoms with van der Waals surface area (Å²) in [6, 6.07) is 0. The van der Waals surface area contributed by atoms with Crippen molar-refractivity contribution < 1.29 is 66.5 Å². The third-order valence-electron chi connectivity index (χ3n) is 7.06. The Hall–Kier alpha value is -2.72. The predicted molar refractivity (Wildman–Crippen MR) is 147 cm³/mol.